The number of nitrogens with zero attached hydrogens (tertiary/aromatic N) is 1. The van der Waals surface area contributed by atoms with Gasteiger partial charge in [0.05, 0.1) is 7.11 Å². The van der Waals surface area contributed by atoms with Crippen LogP contribution in [-0.4, -0.2) is 38.2 Å². The minimum atomic E-state index is -0.329. The average molecular weight is 263 g/mol. The van der Waals surface area contributed by atoms with Gasteiger partial charge in [0.1, 0.15) is 11.8 Å². The summed E-state index contributed by atoms with van der Waals surface area (Å²) in [5, 5.41) is 2.91. The van der Waals surface area contributed by atoms with Gasteiger partial charge >= 0.3 is 0 Å². The normalized spacial score (nSPS) is 23.7. The van der Waals surface area contributed by atoms with E-state index in [2.05, 4.69) is 17.1 Å². The summed E-state index contributed by atoms with van der Waals surface area (Å²) in [6.45, 7) is 3.10. The lowest BCUT2D eigenvalue weighted by Gasteiger charge is -2.34. The molecule has 1 aliphatic heterocycles. The Morgan fingerprint density at radius 2 is 2.32 bits per heavy atom. The molecule has 0 aliphatic carbocycles. The van der Waals surface area contributed by atoms with Crippen molar-refractivity contribution >= 4 is 11.6 Å². The fourth-order valence-electron chi connectivity index (χ4n) is 2.52. The Kier molecular flexibility index (Phi) is 4.27. The number of carbonyl (C=O) groups excluding carboxylic acids is 1. The van der Waals surface area contributed by atoms with Gasteiger partial charge in [-0.25, -0.2) is 0 Å². The molecule has 2 atom stereocenters. The number of ether oxygens (including phenoxy) is 1. The SMILES string of the molecule is COc1cccc(N2C(C)CCNC(=O)C2CN)c1. The molecule has 3 N–H and O–H groups in total. The summed E-state index contributed by atoms with van der Waals surface area (Å²) < 4.78 is 5.25. The molecule has 0 spiro atoms. The number of amides is 1. The summed E-state index contributed by atoms with van der Waals surface area (Å²) in [6.07, 6.45) is 0.902. The first-order chi connectivity index (χ1) is 9.17. The zero-order chi connectivity index (χ0) is 13.8. The Morgan fingerprint density at radius 1 is 1.53 bits per heavy atom. The molecule has 1 fully saturated rings. The van der Waals surface area contributed by atoms with E-state index in [1.807, 2.05) is 24.3 Å². The average Bonchev–Trinajstić information content (AvgIpc) is 2.57. The molecule has 0 bridgehead atoms. The number of anilines is 1. The Morgan fingerprint density at radius 3 is 3.00 bits per heavy atom. The van der Waals surface area contributed by atoms with Gasteiger partial charge < -0.3 is 20.7 Å². The largest absolute Gasteiger partial charge is 0.497 e. The fraction of sp³-hybridized carbons (Fsp3) is 0.500. The van der Waals surface area contributed by atoms with Crippen LogP contribution < -0.4 is 20.7 Å². The molecule has 0 saturated carbocycles. The number of nitrogens with one attached hydrogen (secondary N) is 1. The molecule has 1 saturated heterocycles. The van der Waals surface area contributed by atoms with Crippen LogP contribution in [0.1, 0.15) is 13.3 Å². The van der Waals surface area contributed by atoms with Crippen molar-refractivity contribution in [2.24, 2.45) is 5.73 Å². The Bertz CT molecular complexity index is 450. The molecule has 1 amide bonds. The molecule has 5 heteroatoms. The number of rotatable bonds is 3. The highest BCUT2D eigenvalue weighted by Gasteiger charge is 2.31. The summed E-state index contributed by atoms with van der Waals surface area (Å²) in [7, 11) is 1.64. The molecular formula is C14H21N3O2. The first kappa shape index (κ1) is 13.7. The van der Waals surface area contributed by atoms with E-state index in [4.69, 9.17) is 10.5 Å². The van der Waals surface area contributed by atoms with Crippen LogP contribution in [0.15, 0.2) is 24.3 Å². The van der Waals surface area contributed by atoms with Crippen molar-refractivity contribution in [3.05, 3.63) is 24.3 Å². The molecule has 2 rings (SSSR count). The van der Waals surface area contributed by atoms with E-state index < -0.39 is 0 Å². The molecule has 0 radical (unpaired) electrons. The van der Waals surface area contributed by atoms with Crippen molar-refractivity contribution in [2.45, 2.75) is 25.4 Å². The summed E-state index contributed by atoms with van der Waals surface area (Å²) in [5.74, 6) is 0.778. The van der Waals surface area contributed by atoms with Crippen molar-refractivity contribution in [1.29, 1.82) is 0 Å². The van der Waals surface area contributed by atoms with E-state index in [0.717, 1.165) is 17.9 Å². The van der Waals surface area contributed by atoms with Crippen molar-refractivity contribution in [3.8, 4) is 5.75 Å². The van der Waals surface area contributed by atoms with Crippen molar-refractivity contribution in [1.82, 2.24) is 5.32 Å². The van der Waals surface area contributed by atoms with Gasteiger partial charge in [0.25, 0.3) is 0 Å². The maximum atomic E-state index is 12.1. The van der Waals surface area contributed by atoms with Crippen LogP contribution in [0.3, 0.4) is 0 Å². The maximum Gasteiger partial charge on any atom is 0.244 e. The zero-order valence-electron chi connectivity index (χ0n) is 11.4. The quantitative estimate of drug-likeness (QED) is 0.844. The topological polar surface area (TPSA) is 67.6 Å². The second-order valence-electron chi connectivity index (χ2n) is 4.79. The highest BCUT2D eigenvalue weighted by atomic mass is 16.5. The minimum absolute atomic E-state index is 0.00494. The highest BCUT2D eigenvalue weighted by Crippen LogP contribution is 2.26. The fourth-order valence-corrected chi connectivity index (χ4v) is 2.52. The van der Waals surface area contributed by atoms with Gasteiger partial charge in [0, 0.05) is 30.9 Å². The lowest BCUT2D eigenvalue weighted by molar-refractivity contribution is -0.121. The van der Waals surface area contributed by atoms with E-state index in [9.17, 15) is 4.79 Å². The summed E-state index contributed by atoms with van der Waals surface area (Å²) >= 11 is 0. The van der Waals surface area contributed by atoms with E-state index in [0.29, 0.717) is 13.1 Å². The predicted molar refractivity (Wildman–Crippen MR) is 75.4 cm³/mol. The van der Waals surface area contributed by atoms with Crippen molar-refractivity contribution < 1.29 is 9.53 Å². The van der Waals surface area contributed by atoms with Crippen molar-refractivity contribution in [3.63, 3.8) is 0 Å². The van der Waals surface area contributed by atoms with Gasteiger partial charge in [0.15, 0.2) is 0 Å². The lowest BCUT2D eigenvalue weighted by atomic mass is 10.1. The summed E-state index contributed by atoms with van der Waals surface area (Å²) in [5.41, 5.74) is 6.76. The first-order valence-electron chi connectivity index (χ1n) is 6.57. The summed E-state index contributed by atoms with van der Waals surface area (Å²) in [4.78, 5) is 14.2. The molecule has 1 aromatic rings. The van der Waals surface area contributed by atoms with E-state index in [1.165, 1.54) is 0 Å². The van der Waals surface area contributed by atoms with Crippen LogP contribution in [0.2, 0.25) is 0 Å². The molecule has 0 aromatic heterocycles. The van der Waals surface area contributed by atoms with E-state index in [-0.39, 0.29) is 18.0 Å². The third-order valence-corrected chi connectivity index (χ3v) is 3.55. The van der Waals surface area contributed by atoms with Crippen LogP contribution >= 0.6 is 0 Å². The maximum absolute atomic E-state index is 12.1. The van der Waals surface area contributed by atoms with Crippen LogP contribution in [0.25, 0.3) is 0 Å². The minimum Gasteiger partial charge on any atom is -0.497 e. The molecule has 1 heterocycles. The van der Waals surface area contributed by atoms with Gasteiger partial charge in [-0.05, 0) is 25.5 Å². The second kappa shape index (κ2) is 5.93. The van der Waals surface area contributed by atoms with Gasteiger partial charge in [-0.1, -0.05) is 6.07 Å². The number of hydrogen-bond acceptors (Lipinski definition) is 4. The molecule has 104 valence electrons. The smallest absolute Gasteiger partial charge is 0.244 e. The lowest BCUT2D eigenvalue weighted by Crippen LogP contribution is -2.51. The Balaban J connectivity index is 2.38. The van der Waals surface area contributed by atoms with E-state index in [1.54, 1.807) is 7.11 Å². The van der Waals surface area contributed by atoms with Crippen LogP contribution in [0, 0.1) is 0 Å². The van der Waals surface area contributed by atoms with Crippen LogP contribution in [-0.2, 0) is 4.79 Å². The standard InChI is InChI=1S/C14H21N3O2/c1-10-6-7-16-14(18)13(9-15)17(10)11-4-3-5-12(8-11)19-2/h3-5,8,10,13H,6-7,9,15H2,1-2H3,(H,16,18). The monoisotopic (exact) mass is 263 g/mol. The zero-order valence-corrected chi connectivity index (χ0v) is 11.4. The summed E-state index contributed by atoms with van der Waals surface area (Å²) in [6, 6.07) is 7.67. The molecule has 19 heavy (non-hydrogen) atoms. The molecule has 1 aliphatic rings. The van der Waals surface area contributed by atoms with Crippen LogP contribution in [0.4, 0.5) is 5.69 Å². The van der Waals surface area contributed by atoms with Crippen LogP contribution in [0.5, 0.6) is 5.75 Å². The second-order valence-corrected chi connectivity index (χ2v) is 4.79. The van der Waals surface area contributed by atoms with Gasteiger partial charge in [-0.2, -0.15) is 0 Å². The number of methoxy groups -OCH3 is 1. The Labute approximate surface area is 113 Å². The Hall–Kier alpha value is -1.75. The molecule has 5 nitrogen and oxygen atoms in total. The van der Waals surface area contributed by atoms with Gasteiger partial charge in [0.2, 0.25) is 5.91 Å². The number of carbonyl (C=O) groups is 1. The molecular weight excluding hydrogens is 242 g/mol. The van der Waals surface area contributed by atoms with E-state index >= 15 is 0 Å². The highest BCUT2D eigenvalue weighted by molar-refractivity contribution is 5.86. The third-order valence-electron chi connectivity index (χ3n) is 3.55. The van der Waals surface area contributed by atoms with Gasteiger partial charge in [-0.15, -0.1) is 0 Å². The molecule has 2 unspecified atom stereocenters. The molecule has 1 aromatic carbocycles. The third kappa shape index (κ3) is 2.81. The number of benzene rings is 1. The van der Waals surface area contributed by atoms with Crippen molar-refractivity contribution in [2.75, 3.05) is 25.1 Å². The number of nitrogens with two attached hydrogens (primary N) is 1. The number of hydrogen-bond donors (Lipinski definition) is 2. The van der Waals surface area contributed by atoms with Gasteiger partial charge in [-0.3, -0.25) is 4.79 Å². The first-order valence-corrected chi connectivity index (χ1v) is 6.57. The predicted octanol–water partition coefficient (Wildman–Crippen LogP) is 0.737.